The average molecular weight is 665 g/mol. The van der Waals surface area contributed by atoms with Crippen LogP contribution in [-0.2, 0) is 18.3 Å². The zero-order valence-electron chi connectivity index (χ0n) is 24.4. The summed E-state index contributed by atoms with van der Waals surface area (Å²) >= 11 is 1.60. The van der Waals surface area contributed by atoms with Crippen LogP contribution in [0.4, 0.5) is 17.6 Å². The van der Waals surface area contributed by atoms with E-state index in [1.54, 1.807) is 16.7 Å². The molecule has 2 heterocycles. The summed E-state index contributed by atoms with van der Waals surface area (Å²) in [5.41, 5.74) is -2.09. The van der Waals surface area contributed by atoms with Crippen molar-refractivity contribution in [3.63, 3.8) is 0 Å². The Morgan fingerprint density at radius 1 is 0.953 bits per heavy atom. The smallest absolute Gasteiger partial charge is 0.390 e. The number of hydrogen-bond donors (Lipinski definition) is 3. The lowest BCUT2D eigenvalue weighted by molar-refractivity contribution is -0.135. The van der Waals surface area contributed by atoms with E-state index in [0.717, 1.165) is 55.3 Å². The van der Waals surface area contributed by atoms with Gasteiger partial charge in [0.25, 0.3) is 5.56 Å². The third-order valence-electron chi connectivity index (χ3n) is 7.07. The molecule has 0 aromatic carbocycles. The van der Waals surface area contributed by atoms with Crippen LogP contribution in [0.3, 0.4) is 0 Å². The number of phosphoric acid groups is 1. The maximum absolute atomic E-state index is 13.5. The summed E-state index contributed by atoms with van der Waals surface area (Å²) in [6, 6.07) is 0. The van der Waals surface area contributed by atoms with Crippen LogP contribution in [0.1, 0.15) is 103 Å². The van der Waals surface area contributed by atoms with Crippen LogP contribution in [-0.4, -0.2) is 62.7 Å². The molecule has 1 fully saturated rings. The molecular formula is C27H45F4N2O8PS. The number of nitrogens with zero attached hydrogens (tertiary/aromatic N) is 1. The fourth-order valence-corrected chi connectivity index (χ4v) is 6.37. The van der Waals surface area contributed by atoms with E-state index in [-0.39, 0.29) is 19.4 Å². The summed E-state index contributed by atoms with van der Waals surface area (Å²) in [5, 5.41) is 10.2. The van der Waals surface area contributed by atoms with E-state index in [1.807, 2.05) is 0 Å². The van der Waals surface area contributed by atoms with Crippen molar-refractivity contribution in [3.05, 3.63) is 32.9 Å². The number of rotatable bonds is 23. The van der Waals surface area contributed by atoms with Crippen molar-refractivity contribution in [3.8, 4) is 0 Å². The first kappa shape index (κ1) is 38.0. The quantitative estimate of drug-likeness (QED) is 0.0707. The van der Waals surface area contributed by atoms with Gasteiger partial charge < -0.3 is 14.7 Å². The molecule has 0 amide bonds. The first-order chi connectivity index (χ1) is 20.4. The van der Waals surface area contributed by atoms with Gasteiger partial charge in [-0.1, -0.05) is 70.6 Å². The van der Waals surface area contributed by atoms with Gasteiger partial charge in [-0.15, -0.1) is 0 Å². The highest BCUT2D eigenvalue weighted by Gasteiger charge is 2.37. The molecule has 1 saturated heterocycles. The molecular weight excluding hydrogens is 619 g/mol. The summed E-state index contributed by atoms with van der Waals surface area (Å²) in [5.74, 6) is 0.208. The minimum atomic E-state index is -4.40. The molecule has 1 unspecified atom stereocenters. The number of aromatic amines is 1. The van der Waals surface area contributed by atoms with E-state index in [2.05, 4.69) is 0 Å². The molecule has 16 heteroatoms. The Labute approximate surface area is 253 Å². The van der Waals surface area contributed by atoms with Crippen LogP contribution >= 0.6 is 19.6 Å². The van der Waals surface area contributed by atoms with Gasteiger partial charge in [-0.05, 0) is 18.6 Å². The molecule has 1 aliphatic rings. The van der Waals surface area contributed by atoms with Crippen LogP contribution < -0.4 is 11.2 Å². The molecule has 0 spiro atoms. The number of phosphoric ester groups is 1. The Kier molecular flexibility index (Phi) is 17.7. The van der Waals surface area contributed by atoms with Gasteiger partial charge in [0.05, 0.1) is 25.5 Å². The van der Waals surface area contributed by atoms with Gasteiger partial charge in [0.15, 0.2) is 0 Å². The number of ether oxygens (including phenoxy) is 1. The van der Waals surface area contributed by atoms with Crippen LogP contribution in [0.5, 0.6) is 0 Å². The van der Waals surface area contributed by atoms with Gasteiger partial charge >= 0.3 is 19.7 Å². The van der Waals surface area contributed by atoms with Gasteiger partial charge in [0.1, 0.15) is 12.3 Å². The van der Waals surface area contributed by atoms with Crippen LogP contribution in [0, 0.1) is 5.82 Å². The molecule has 3 N–H and O–H groups in total. The van der Waals surface area contributed by atoms with Crippen molar-refractivity contribution >= 4 is 19.6 Å². The Balaban J connectivity index is 1.41. The number of halogens is 4. The van der Waals surface area contributed by atoms with Crippen molar-refractivity contribution < 1.29 is 45.9 Å². The lowest BCUT2D eigenvalue weighted by Crippen LogP contribution is -2.34. The number of aromatic nitrogens is 2. The first-order valence-electron chi connectivity index (χ1n) is 15.0. The van der Waals surface area contributed by atoms with Crippen molar-refractivity contribution in [2.75, 3.05) is 24.7 Å². The van der Waals surface area contributed by atoms with E-state index in [9.17, 15) is 41.7 Å². The number of aliphatic hydroxyl groups is 1. The molecule has 43 heavy (non-hydrogen) atoms. The summed E-state index contributed by atoms with van der Waals surface area (Å²) in [6.45, 7) is -0.498. The van der Waals surface area contributed by atoms with Gasteiger partial charge in [-0.2, -0.15) is 29.3 Å². The predicted molar refractivity (Wildman–Crippen MR) is 156 cm³/mol. The van der Waals surface area contributed by atoms with E-state index in [1.165, 1.54) is 25.7 Å². The number of alkyl halides is 3. The highest BCUT2D eigenvalue weighted by atomic mass is 32.2. The second kappa shape index (κ2) is 20.0. The lowest BCUT2D eigenvalue weighted by Gasteiger charge is -2.18. The van der Waals surface area contributed by atoms with Crippen molar-refractivity contribution in [1.29, 1.82) is 0 Å². The molecule has 2 rings (SSSR count). The minimum Gasteiger partial charge on any atom is -0.390 e. The van der Waals surface area contributed by atoms with E-state index < -0.39 is 62.5 Å². The van der Waals surface area contributed by atoms with Crippen molar-refractivity contribution in [1.82, 2.24) is 9.55 Å². The fraction of sp³-hybridized carbons (Fsp3) is 0.852. The van der Waals surface area contributed by atoms with Crippen molar-refractivity contribution in [2.24, 2.45) is 0 Å². The van der Waals surface area contributed by atoms with Crippen LogP contribution in [0.25, 0.3) is 0 Å². The summed E-state index contributed by atoms with van der Waals surface area (Å²) in [6.07, 6.45) is 5.57. The summed E-state index contributed by atoms with van der Waals surface area (Å²) in [4.78, 5) is 34.8. The molecule has 1 aromatic heterocycles. The largest absolute Gasteiger partial charge is 0.472 e. The van der Waals surface area contributed by atoms with E-state index in [4.69, 9.17) is 13.8 Å². The highest BCUT2D eigenvalue weighted by Crippen LogP contribution is 2.44. The highest BCUT2D eigenvalue weighted by molar-refractivity contribution is 7.99. The van der Waals surface area contributed by atoms with Crippen molar-refractivity contribution in [2.45, 2.75) is 121 Å². The van der Waals surface area contributed by atoms with E-state index in [0.29, 0.717) is 18.4 Å². The molecule has 1 aliphatic heterocycles. The number of aliphatic hydroxyl groups excluding tert-OH is 1. The molecule has 4 atom stereocenters. The number of H-pyrrole nitrogens is 1. The van der Waals surface area contributed by atoms with Crippen LogP contribution in [0.15, 0.2) is 15.8 Å². The molecule has 250 valence electrons. The average Bonchev–Trinajstić information content (AvgIpc) is 3.30. The van der Waals surface area contributed by atoms with Gasteiger partial charge in [-0.25, -0.2) is 9.36 Å². The molecule has 0 bridgehead atoms. The maximum atomic E-state index is 13.5. The minimum absolute atomic E-state index is 0.00520. The third-order valence-corrected chi connectivity index (χ3v) is 9.09. The molecule has 0 saturated carbocycles. The SMILES string of the molecule is O=c1[nH]c(=O)n([C@H]2C[C@H](O)[C@@H](COP(=O)(O)OCCSCCCCCCCCCCCCCCCC(F)(F)F)O2)cc1F. The molecule has 1 aromatic rings. The Morgan fingerprint density at radius 2 is 1.51 bits per heavy atom. The number of thioether (sulfide) groups is 1. The number of nitrogens with one attached hydrogen (secondary N) is 1. The topological polar surface area (TPSA) is 140 Å². The standard InChI is InChI=1S/C27H45F4N2O8PS/c28-21-19-33(26(36)32-25(21)35)24-18-22(34)23(41-24)20-40-42(37,38)39-15-17-43-16-13-11-9-7-5-3-1-2-4-6-8-10-12-14-27(29,30)31/h19,22-24,34H,1-18,20H2,(H,37,38)(H,32,35,36)/t22-,23+,24+/m0/s1. The first-order valence-corrected chi connectivity index (χ1v) is 17.6. The Morgan fingerprint density at radius 3 is 2.09 bits per heavy atom. The van der Waals surface area contributed by atoms with Gasteiger partial charge in [-0.3, -0.25) is 23.4 Å². The summed E-state index contributed by atoms with van der Waals surface area (Å²) in [7, 11) is -4.40. The number of unbranched alkanes of at least 4 members (excludes halogenated alkanes) is 12. The van der Waals surface area contributed by atoms with Gasteiger partial charge in [0.2, 0.25) is 5.82 Å². The molecule has 0 radical (unpaired) electrons. The predicted octanol–water partition coefficient (Wildman–Crippen LogP) is 6.21. The number of hydrogen-bond acceptors (Lipinski definition) is 8. The Hall–Kier alpha value is -1.22. The fourth-order valence-electron chi connectivity index (χ4n) is 4.70. The third kappa shape index (κ3) is 16.6. The second-order valence-corrected chi connectivity index (χ2v) is 13.4. The van der Waals surface area contributed by atoms with Crippen LogP contribution in [0.2, 0.25) is 0 Å². The molecule has 0 aliphatic carbocycles. The normalized spacial score (nSPS) is 20.5. The van der Waals surface area contributed by atoms with Gasteiger partial charge in [0, 0.05) is 18.6 Å². The summed E-state index contributed by atoms with van der Waals surface area (Å²) < 4.78 is 78.1. The zero-order chi connectivity index (χ0) is 31.7. The maximum Gasteiger partial charge on any atom is 0.472 e. The zero-order valence-corrected chi connectivity index (χ0v) is 26.1. The lowest BCUT2D eigenvalue weighted by atomic mass is 10.0. The van der Waals surface area contributed by atoms with E-state index >= 15 is 0 Å². The monoisotopic (exact) mass is 664 g/mol. The Bertz CT molecular complexity index is 1090. The molecule has 10 nitrogen and oxygen atoms in total. The second-order valence-electron chi connectivity index (χ2n) is 10.7.